The summed E-state index contributed by atoms with van der Waals surface area (Å²) in [7, 11) is 0. The smallest absolute Gasteiger partial charge is 0.216 e. The molecule has 1 aromatic rings. The van der Waals surface area contributed by atoms with Crippen LogP contribution in [-0.4, -0.2) is 48.6 Å². The highest BCUT2D eigenvalue weighted by atomic mass is 16.4. The molecule has 0 atom stereocenters. The number of aromatic nitrogens is 1. The lowest BCUT2D eigenvalue weighted by Gasteiger charge is -2.21. The molecule has 0 saturated carbocycles. The van der Waals surface area contributed by atoms with Gasteiger partial charge in [-0.3, -0.25) is 0 Å². The molecule has 0 spiro atoms. The van der Waals surface area contributed by atoms with Crippen LogP contribution in [0.4, 0.5) is 0 Å². The first kappa shape index (κ1) is 22.5. The number of nitrogens with one attached hydrogen (secondary N) is 2. The third kappa shape index (κ3) is 8.70. The van der Waals surface area contributed by atoms with Gasteiger partial charge >= 0.3 is 0 Å². The van der Waals surface area contributed by atoms with Crippen LogP contribution in [0.15, 0.2) is 15.6 Å². The lowest BCUT2D eigenvalue weighted by Crippen LogP contribution is -2.39. The fourth-order valence-electron chi connectivity index (χ4n) is 2.70. The van der Waals surface area contributed by atoms with E-state index < -0.39 is 0 Å². The van der Waals surface area contributed by atoms with Crippen LogP contribution in [0.1, 0.15) is 72.5 Å². The molecular formula is C20H39N5O. The van der Waals surface area contributed by atoms with Crippen molar-refractivity contribution in [3.05, 3.63) is 17.8 Å². The van der Waals surface area contributed by atoms with Crippen LogP contribution in [0.5, 0.6) is 0 Å². The van der Waals surface area contributed by atoms with Crippen LogP contribution in [-0.2, 0) is 12.0 Å². The van der Waals surface area contributed by atoms with Crippen molar-refractivity contribution in [2.45, 2.75) is 72.8 Å². The molecule has 0 bridgehead atoms. The predicted molar refractivity (Wildman–Crippen MR) is 110 cm³/mol. The molecule has 6 nitrogen and oxygen atoms in total. The molecule has 26 heavy (non-hydrogen) atoms. The summed E-state index contributed by atoms with van der Waals surface area (Å²) in [5.74, 6) is 2.37. The maximum Gasteiger partial charge on any atom is 0.216 e. The van der Waals surface area contributed by atoms with Crippen molar-refractivity contribution in [3.63, 3.8) is 0 Å². The molecule has 0 aliphatic carbocycles. The Morgan fingerprint density at radius 3 is 2.35 bits per heavy atom. The highest BCUT2D eigenvalue weighted by Crippen LogP contribution is 2.22. The largest absolute Gasteiger partial charge is 0.443 e. The van der Waals surface area contributed by atoms with E-state index in [4.69, 9.17) is 4.42 Å². The van der Waals surface area contributed by atoms with E-state index in [1.165, 1.54) is 25.9 Å². The maximum atomic E-state index is 5.81. The highest BCUT2D eigenvalue weighted by Gasteiger charge is 2.19. The van der Waals surface area contributed by atoms with Crippen LogP contribution >= 0.6 is 0 Å². The molecule has 2 N–H and O–H groups in total. The average molecular weight is 366 g/mol. The second-order valence-corrected chi connectivity index (χ2v) is 7.69. The zero-order chi connectivity index (χ0) is 19.4. The van der Waals surface area contributed by atoms with Crippen molar-refractivity contribution in [2.24, 2.45) is 4.99 Å². The minimum Gasteiger partial charge on any atom is -0.443 e. The molecule has 0 aliphatic rings. The van der Waals surface area contributed by atoms with Gasteiger partial charge < -0.3 is 20.0 Å². The summed E-state index contributed by atoms with van der Waals surface area (Å²) in [5, 5.41) is 6.69. The van der Waals surface area contributed by atoms with Crippen molar-refractivity contribution >= 4 is 5.96 Å². The van der Waals surface area contributed by atoms with Gasteiger partial charge in [0, 0.05) is 18.5 Å². The van der Waals surface area contributed by atoms with Gasteiger partial charge in [0.1, 0.15) is 12.3 Å². The maximum absolute atomic E-state index is 5.81. The Hall–Kier alpha value is -1.56. The van der Waals surface area contributed by atoms with Crippen molar-refractivity contribution in [1.82, 2.24) is 20.5 Å². The molecule has 0 aliphatic heterocycles. The van der Waals surface area contributed by atoms with E-state index in [1.807, 2.05) is 0 Å². The van der Waals surface area contributed by atoms with E-state index in [0.29, 0.717) is 12.4 Å². The van der Waals surface area contributed by atoms with Crippen LogP contribution < -0.4 is 10.6 Å². The Morgan fingerprint density at radius 1 is 1.12 bits per heavy atom. The third-order valence-electron chi connectivity index (χ3n) is 4.03. The standard InChI is InChI=1S/C20H39N5O/c1-7-12-25(13-8-2)14-10-11-22-19(21-9-3)24-16-18-23-15-17(26-18)20(4,5)6/h15H,7-14,16H2,1-6H3,(H2,21,22,24). The molecule has 0 radical (unpaired) electrons. The Bertz CT molecular complexity index is 513. The minimum atomic E-state index is -0.0272. The van der Waals surface area contributed by atoms with Crippen LogP contribution in [0.3, 0.4) is 0 Å². The fourth-order valence-corrected chi connectivity index (χ4v) is 2.70. The first-order valence-corrected chi connectivity index (χ1v) is 10.1. The van der Waals surface area contributed by atoms with Crippen LogP contribution in [0.2, 0.25) is 0 Å². The van der Waals surface area contributed by atoms with Crippen molar-refractivity contribution in [3.8, 4) is 0 Å². The number of guanidine groups is 1. The first-order valence-electron chi connectivity index (χ1n) is 10.1. The zero-order valence-corrected chi connectivity index (χ0v) is 17.7. The zero-order valence-electron chi connectivity index (χ0n) is 17.7. The van der Waals surface area contributed by atoms with Crippen molar-refractivity contribution in [2.75, 3.05) is 32.7 Å². The average Bonchev–Trinajstić information content (AvgIpc) is 3.06. The number of hydrogen-bond donors (Lipinski definition) is 2. The van der Waals surface area contributed by atoms with Crippen LogP contribution in [0.25, 0.3) is 0 Å². The van der Waals surface area contributed by atoms with Gasteiger partial charge in [-0.1, -0.05) is 34.6 Å². The van der Waals surface area contributed by atoms with E-state index in [9.17, 15) is 0 Å². The molecule has 150 valence electrons. The normalized spacial score (nSPS) is 12.7. The van der Waals surface area contributed by atoms with E-state index in [1.54, 1.807) is 6.20 Å². The van der Waals surface area contributed by atoms with Gasteiger partial charge in [0.05, 0.1) is 6.20 Å². The quantitative estimate of drug-likeness (QED) is 0.357. The van der Waals surface area contributed by atoms with Gasteiger partial charge in [-0.2, -0.15) is 0 Å². The Kier molecular flexibility index (Phi) is 10.3. The third-order valence-corrected chi connectivity index (χ3v) is 4.03. The van der Waals surface area contributed by atoms with Crippen molar-refractivity contribution in [1.29, 1.82) is 0 Å². The van der Waals surface area contributed by atoms with Gasteiger partial charge in [0.2, 0.25) is 5.89 Å². The van der Waals surface area contributed by atoms with Crippen molar-refractivity contribution < 1.29 is 4.42 Å². The SMILES string of the molecule is CCCN(CCC)CCCNC(=NCc1ncc(C(C)(C)C)o1)NCC. The second-order valence-electron chi connectivity index (χ2n) is 7.69. The molecule has 6 heteroatoms. The van der Waals surface area contributed by atoms with Gasteiger partial charge in [-0.25, -0.2) is 9.98 Å². The molecule has 0 amide bonds. The highest BCUT2D eigenvalue weighted by molar-refractivity contribution is 5.79. The fraction of sp³-hybridized carbons (Fsp3) is 0.800. The Labute approximate surface area is 159 Å². The summed E-state index contributed by atoms with van der Waals surface area (Å²) in [4.78, 5) is 11.5. The number of aliphatic imine (C=N–C) groups is 1. The minimum absolute atomic E-state index is 0.0272. The van der Waals surface area contributed by atoms with E-state index >= 15 is 0 Å². The Morgan fingerprint density at radius 2 is 1.81 bits per heavy atom. The summed E-state index contributed by atoms with van der Waals surface area (Å²) in [6.07, 6.45) is 5.34. The number of oxazole rings is 1. The molecule has 0 aromatic carbocycles. The van der Waals surface area contributed by atoms with Gasteiger partial charge in [-0.15, -0.1) is 0 Å². The van der Waals surface area contributed by atoms with Gasteiger partial charge in [0.25, 0.3) is 0 Å². The second kappa shape index (κ2) is 11.9. The summed E-state index contributed by atoms with van der Waals surface area (Å²) in [6.45, 7) is 18.6. The molecule has 0 fully saturated rings. The molecule has 1 heterocycles. The number of hydrogen-bond acceptors (Lipinski definition) is 4. The van der Waals surface area contributed by atoms with E-state index in [2.05, 4.69) is 67.1 Å². The van der Waals surface area contributed by atoms with Gasteiger partial charge in [0.15, 0.2) is 5.96 Å². The number of nitrogens with zero attached hydrogens (tertiary/aromatic N) is 3. The summed E-state index contributed by atoms with van der Waals surface area (Å²) in [6, 6.07) is 0. The topological polar surface area (TPSA) is 65.7 Å². The molecule has 0 unspecified atom stereocenters. The monoisotopic (exact) mass is 365 g/mol. The first-order chi connectivity index (χ1) is 12.4. The number of rotatable bonds is 11. The summed E-state index contributed by atoms with van der Waals surface area (Å²) < 4.78 is 5.81. The molecule has 0 saturated heterocycles. The lowest BCUT2D eigenvalue weighted by atomic mass is 9.94. The van der Waals surface area contributed by atoms with Gasteiger partial charge in [-0.05, 0) is 45.8 Å². The van der Waals surface area contributed by atoms with Crippen LogP contribution in [0, 0.1) is 0 Å². The molecule has 1 aromatic heterocycles. The summed E-state index contributed by atoms with van der Waals surface area (Å²) in [5.41, 5.74) is -0.0272. The molecule has 1 rings (SSSR count). The van der Waals surface area contributed by atoms with E-state index in [0.717, 1.165) is 37.8 Å². The lowest BCUT2D eigenvalue weighted by molar-refractivity contribution is 0.271. The Balaban J connectivity index is 2.47. The van der Waals surface area contributed by atoms with E-state index in [-0.39, 0.29) is 5.41 Å². The summed E-state index contributed by atoms with van der Waals surface area (Å²) >= 11 is 0. The predicted octanol–water partition coefficient (Wildman–Crippen LogP) is 3.54. The molecular weight excluding hydrogens is 326 g/mol.